The van der Waals surface area contributed by atoms with Gasteiger partial charge in [0.1, 0.15) is 5.75 Å². The van der Waals surface area contributed by atoms with Gasteiger partial charge in [0.05, 0.1) is 20.3 Å². The zero-order chi connectivity index (χ0) is 22.0. The number of carbonyl (C=O) groups excluding carboxylic acids is 1. The number of carbonyl (C=O) groups is 1. The summed E-state index contributed by atoms with van der Waals surface area (Å²) in [5.74, 6) is 1.96. The van der Waals surface area contributed by atoms with E-state index < -0.39 is 0 Å². The van der Waals surface area contributed by atoms with E-state index in [1.807, 2.05) is 41.5 Å². The molecule has 0 radical (unpaired) electrons. The Morgan fingerprint density at radius 3 is 2.58 bits per heavy atom. The van der Waals surface area contributed by atoms with Crippen molar-refractivity contribution in [2.24, 2.45) is 0 Å². The summed E-state index contributed by atoms with van der Waals surface area (Å²) in [5.41, 5.74) is 3.12. The molecule has 31 heavy (non-hydrogen) atoms. The van der Waals surface area contributed by atoms with Crippen molar-refractivity contribution in [2.75, 3.05) is 27.4 Å². The Morgan fingerprint density at radius 2 is 1.90 bits per heavy atom. The van der Waals surface area contributed by atoms with E-state index in [2.05, 4.69) is 6.07 Å². The van der Waals surface area contributed by atoms with Gasteiger partial charge in [0.15, 0.2) is 18.1 Å². The Hall–Kier alpha value is -2.70. The molecule has 0 bridgehead atoms. The number of ether oxygens (including phenoxy) is 3. The molecule has 1 unspecified atom stereocenters. The highest BCUT2D eigenvalue weighted by Gasteiger charge is 2.34. The van der Waals surface area contributed by atoms with Crippen LogP contribution in [0, 0.1) is 6.92 Å². The number of aryl methyl sites for hydroxylation is 1. The molecular formula is C24H24ClNO4S. The third-order valence-corrected chi connectivity index (χ3v) is 6.65. The number of thiophene rings is 1. The minimum Gasteiger partial charge on any atom is -0.493 e. The first-order chi connectivity index (χ1) is 15.0. The lowest BCUT2D eigenvalue weighted by molar-refractivity contribution is -0.135. The molecule has 162 valence electrons. The fraction of sp³-hybridized carbons (Fsp3) is 0.292. The first-order valence-electron chi connectivity index (χ1n) is 9.98. The number of nitrogens with zero attached hydrogens (tertiary/aromatic N) is 1. The van der Waals surface area contributed by atoms with Crippen molar-refractivity contribution < 1.29 is 19.0 Å². The molecular weight excluding hydrogens is 434 g/mol. The Balaban J connectivity index is 1.64. The molecule has 5 nitrogen and oxygen atoms in total. The number of halogens is 1. The molecule has 0 spiro atoms. The third kappa shape index (κ3) is 4.36. The summed E-state index contributed by atoms with van der Waals surface area (Å²) in [6, 6.07) is 13.3. The van der Waals surface area contributed by atoms with Crippen LogP contribution < -0.4 is 14.2 Å². The predicted octanol–water partition coefficient (Wildman–Crippen LogP) is 5.28. The maximum Gasteiger partial charge on any atom is 0.261 e. The second-order valence-electron chi connectivity index (χ2n) is 7.36. The van der Waals surface area contributed by atoms with Gasteiger partial charge in [-0.3, -0.25) is 4.79 Å². The summed E-state index contributed by atoms with van der Waals surface area (Å²) in [5, 5.41) is 2.67. The number of benzene rings is 2. The fourth-order valence-electron chi connectivity index (χ4n) is 3.97. The lowest BCUT2D eigenvalue weighted by Gasteiger charge is -2.37. The average molecular weight is 458 g/mol. The van der Waals surface area contributed by atoms with Gasteiger partial charge < -0.3 is 19.1 Å². The first-order valence-corrected chi connectivity index (χ1v) is 11.2. The van der Waals surface area contributed by atoms with Crippen LogP contribution in [0.25, 0.3) is 0 Å². The van der Waals surface area contributed by atoms with Gasteiger partial charge >= 0.3 is 0 Å². The largest absolute Gasteiger partial charge is 0.493 e. The van der Waals surface area contributed by atoms with E-state index in [1.54, 1.807) is 37.7 Å². The lowest BCUT2D eigenvalue weighted by Crippen LogP contribution is -2.42. The summed E-state index contributed by atoms with van der Waals surface area (Å²) in [4.78, 5) is 16.3. The average Bonchev–Trinajstić information content (AvgIpc) is 3.31. The summed E-state index contributed by atoms with van der Waals surface area (Å²) in [7, 11) is 3.26. The van der Waals surface area contributed by atoms with E-state index >= 15 is 0 Å². The first kappa shape index (κ1) is 21.5. The van der Waals surface area contributed by atoms with Crippen LogP contribution in [-0.4, -0.2) is 38.2 Å². The zero-order valence-corrected chi connectivity index (χ0v) is 19.3. The highest BCUT2D eigenvalue weighted by molar-refractivity contribution is 7.10. The molecule has 1 aliphatic heterocycles. The van der Waals surface area contributed by atoms with Crippen LogP contribution in [0.3, 0.4) is 0 Å². The normalized spacial score (nSPS) is 15.4. The fourth-order valence-corrected chi connectivity index (χ4v) is 5.05. The van der Waals surface area contributed by atoms with Crippen LogP contribution in [0.4, 0.5) is 0 Å². The van der Waals surface area contributed by atoms with Crippen molar-refractivity contribution in [1.82, 2.24) is 4.90 Å². The number of hydrogen-bond donors (Lipinski definition) is 0. The van der Waals surface area contributed by atoms with Gasteiger partial charge in [0, 0.05) is 16.4 Å². The minimum atomic E-state index is -0.189. The van der Waals surface area contributed by atoms with E-state index in [0.717, 1.165) is 28.0 Å². The van der Waals surface area contributed by atoms with Gasteiger partial charge in [0.25, 0.3) is 5.91 Å². The molecule has 2 aromatic carbocycles. The lowest BCUT2D eigenvalue weighted by atomic mass is 9.90. The number of amides is 1. The smallest absolute Gasteiger partial charge is 0.261 e. The van der Waals surface area contributed by atoms with E-state index in [1.165, 1.54) is 0 Å². The Morgan fingerprint density at radius 1 is 1.13 bits per heavy atom. The second-order valence-corrected chi connectivity index (χ2v) is 8.78. The minimum absolute atomic E-state index is 0.0348. The predicted molar refractivity (Wildman–Crippen MR) is 123 cm³/mol. The number of hydrogen-bond acceptors (Lipinski definition) is 5. The van der Waals surface area contributed by atoms with Gasteiger partial charge in [-0.2, -0.15) is 0 Å². The Bertz CT molecular complexity index is 1080. The molecule has 0 N–H and O–H groups in total. The third-order valence-electron chi connectivity index (χ3n) is 5.49. The molecule has 0 saturated heterocycles. The van der Waals surface area contributed by atoms with Crippen molar-refractivity contribution in [3.05, 3.63) is 74.4 Å². The summed E-state index contributed by atoms with van der Waals surface area (Å²) in [6.07, 6.45) is 0.739. The van der Waals surface area contributed by atoms with Gasteiger partial charge in [-0.1, -0.05) is 17.7 Å². The van der Waals surface area contributed by atoms with Crippen LogP contribution in [-0.2, 0) is 11.2 Å². The number of fused-ring (bicyclic) bond motifs is 1. The molecule has 3 aromatic rings. The summed E-state index contributed by atoms with van der Waals surface area (Å²) < 4.78 is 16.9. The summed E-state index contributed by atoms with van der Waals surface area (Å²) in [6.45, 7) is 2.48. The van der Waals surface area contributed by atoms with Crippen LogP contribution in [0.2, 0.25) is 5.02 Å². The number of rotatable bonds is 6. The monoisotopic (exact) mass is 457 g/mol. The highest BCUT2D eigenvalue weighted by atomic mass is 35.5. The SMILES string of the molecule is COc1cc2c(cc1OC)C(c1cccs1)N(C(=O)COc1ccc(Cl)cc1C)CC2. The van der Waals surface area contributed by atoms with Gasteiger partial charge in [-0.25, -0.2) is 0 Å². The van der Waals surface area contributed by atoms with Crippen molar-refractivity contribution in [3.8, 4) is 17.2 Å². The molecule has 0 fully saturated rings. The van der Waals surface area contributed by atoms with Crippen LogP contribution >= 0.6 is 22.9 Å². The molecule has 7 heteroatoms. The van der Waals surface area contributed by atoms with Crippen LogP contribution in [0.5, 0.6) is 17.2 Å². The Labute approximate surface area is 191 Å². The van der Waals surface area contributed by atoms with E-state index in [0.29, 0.717) is 28.8 Å². The van der Waals surface area contributed by atoms with E-state index in [9.17, 15) is 4.79 Å². The molecule has 4 rings (SSSR count). The standard InChI is InChI=1S/C24H24ClNO4S/c1-15-11-17(25)6-7-19(15)30-14-23(27)26-9-8-16-12-20(28-2)21(29-3)13-18(16)24(26)22-5-4-10-31-22/h4-7,10-13,24H,8-9,14H2,1-3H3. The molecule has 0 aliphatic carbocycles. The van der Waals surface area contributed by atoms with Gasteiger partial charge in [-0.15, -0.1) is 11.3 Å². The zero-order valence-electron chi connectivity index (χ0n) is 17.7. The quantitative estimate of drug-likeness (QED) is 0.505. The van der Waals surface area contributed by atoms with Crippen molar-refractivity contribution in [1.29, 1.82) is 0 Å². The molecule has 1 atom stereocenters. The maximum atomic E-state index is 13.3. The van der Waals surface area contributed by atoms with Crippen LogP contribution in [0.1, 0.15) is 27.6 Å². The molecule has 1 aromatic heterocycles. The van der Waals surface area contributed by atoms with Gasteiger partial charge in [-0.05, 0) is 71.8 Å². The van der Waals surface area contributed by atoms with Crippen molar-refractivity contribution in [3.63, 3.8) is 0 Å². The van der Waals surface area contributed by atoms with E-state index in [-0.39, 0.29) is 18.6 Å². The van der Waals surface area contributed by atoms with Crippen molar-refractivity contribution >= 4 is 28.8 Å². The Kier molecular flexibility index (Phi) is 6.39. The maximum absolute atomic E-state index is 13.3. The molecule has 1 amide bonds. The van der Waals surface area contributed by atoms with Gasteiger partial charge in [0.2, 0.25) is 0 Å². The van der Waals surface area contributed by atoms with E-state index in [4.69, 9.17) is 25.8 Å². The van der Waals surface area contributed by atoms with Crippen LogP contribution in [0.15, 0.2) is 47.8 Å². The second kappa shape index (κ2) is 9.20. The summed E-state index contributed by atoms with van der Waals surface area (Å²) >= 11 is 7.66. The molecule has 2 heterocycles. The topological polar surface area (TPSA) is 48.0 Å². The number of methoxy groups -OCH3 is 2. The molecule has 1 aliphatic rings. The van der Waals surface area contributed by atoms with Crippen molar-refractivity contribution in [2.45, 2.75) is 19.4 Å². The molecule has 0 saturated carbocycles. The highest BCUT2D eigenvalue weighted by Crippen LogP contribution is 2.42.